The van der Waals surface area contributed by atoms with E-state index in [1.807, 2.05) is 0 Å². The monoisotopic (exact) mass is 228 g/mol. The van der Waals surface area contributed by atoms with Crippen molar-refractivity contribution in [3.8, 4) is 0 Å². The molecule has 1 amide bonds. The third-order valence-electron chi connectivity index (χ3n) is 3.13. The summed E-state index contributed by atoms with van der Waals surface area (Å²) < 4.78 is 5.44. The van der Waals surface area contributed by atoms with Gasteiger partial charge in [-0.25, -0.2) is 0 Å². The molecule has 0 spiro atoms. The number of carbonyl (C=O) groups excluding carboxylic acids is 1. The van der Waals surface area contributed by atoms with Crippen LogP contribution in [0.1, 0.15) is 33.6 Å². The lowest BCUT2D eigenvalue weighted by Gasteiger charge is -2.18. The number of ether oxygens (including phenoxy) is 1. The first-order valence-corrected chi connectivity index (χ1v) is 6.15. The van der Waals surface area contributed by atoms with Gasteiger partial charge in [0.25, 0.3) is 0 Å². The minimum absolute atomic E-state index is 0.0344. The molecule has 1 fully saturated rings. The zero-order chi connectivity index (χ0) is 12.1. The van der Waals surface area contributed by atoms with Crippen LogP contribution in [0.25, 0.3) is 0 Å². The number of amides is 1. The average Bonchev–Trinajstić information content (AvgIpc) is 2.59. The van der Waals surface area contributed by atoms with E-state index < -0.39 is 0 Å². The van der Waals surface area contributed by atoms with Crippen molar-refractivity contribution in [3.05, 3.63) is 0 Å². The van der Waals surface area contributed by atoms with Crippen molar-refractivity contribution in [2.75, 3.05) is 13.2 Å². The molecule has 0 saturated carbocycles. The van der Waals surface area contributed by atoms with Gasteiger partial charge in [0.05, 0.1) is 12.1 Å². The van der Waals surface area contributed by atoms with Crippen molar-refractivity contribution in [1.29, 1.82) is 0 Å². The predicted octanol–water partition coefficient (Wildman–Crippen LogP) is 0.901. The summed E-state index contributed by atoms with van der Waals surface area (Å²) in [5, 5.41) is 2.92. The summed E-state index contributed by atoms with van der Waals surface area (Å²) in [5.41, 5.74) is 5.79. The van der Waals surface area contributed by atoms with Gasteiger partial charge in [0.1, 0.15) is 0 Å². The first-order valence-electron chi connectivity index (χ1n) is 6.15. The quantitative estimate of drug-likeness (QED) is 0.735. The maximum absolute atomic E-state index is 11.7. The van der Waals surface area contributed by atoms with Crippen molar-refractivity contribution < 1.29 is 9.53 Å². The molecule has 94 valence electrons. The maximum atomic E-state index is 11.7. The molecule has 0 aromatic rings. The lowest BCUT2D eigenvalue weighted by molar-refractivity contribution is -0.122. The van der Waals surface area contributed by atoms with Gasteiger partial charge in [-0.2, -0.15) is 0 Å². The summed E-state index contributed by atoms with van der Waals surface area (Å²) in [6.07, 6.45) is 2.02. The fourth-order valence-corrected chi connectivity index (χ4v) is 2.02. The highest BCUT2D eigenvalue weighted by Crippen LogP contribution is 2.19. The molecular formula is C12H24N2O2. The molecule has 4 heteroatoms. The fraction of sp³-hybridized carbons (Fsp3) is 0.917. The molecule has 0 bridgehead atoms. The van der Waals surface area contributed by atoms with Gasteiger partial charge in [0, 0.05) is 19.1 Å². The summed E-state index contributed by atoms with van der Waals surface area (Å²) in [6, 6.07) is -0.377. The summed E-state index contributed by atoms with van der Waals surface area (Å²) in [4.78, 5) is 11.7. The van der Waals surface area contributed by atoms with Crippen LogP contribution in [0.15, 0.2) is 0 Å². The molecule has 0 aromatic carbocycles. The largest absolute Gasteiger partial charge is 0.378 e. The van der Waals surface area contributed by atoms with Crippen LogP contribution in [-0.4, -0.2) is 31.2 Å². The molecule has 0 radical (unpaired) electrons. The Labute approximate surface area is 97.9 Å². The minimum atomic E-state index is -0.377. The molecule has 3 atom stereocenters. The van der Waals surface area contributed by atoms with E-state index in [-0.39, 0.29) is 18.1 Å². The molecule has 3 N–H and O–H groups in total. The van der Waals surface area contributed by atoms with Gasteiger partial charge in [0.15, 0.2) is 0 Å². The van der Waals surface area contributed by atoms with Gasteiger partial charge >= 0.3 is 0 Å². The summed E-state index contributed by atoms with van der Waals surface area (Å²) in [5.74, 6) is 0.859. The minimum Gasteiger partial charge on any atom is -0.378 e. The number of hydrogen-bond donors (Lipinski definition) is 2. The maximum Gasteiger partial charge on any atom is 0.236 e. The van der Waals surface area contributed by atoms with Crippen LogP contribution in [0.2, 0.25) is 0 Å². The van der Waals surface area contributed by atoms with Crippen LogP contribution in [0.3, 0.4) is 0 Å². The van der Waals surface area contributed by atoms with Crippen LogP contribution in [-0.2, 0) is 9.53 Å². The molecular weight excluding hydrogens is 204 g/mol. The molecule has 1 heterocycles. The Morgan fingerprint density at radius 1 is 1.56 bits per heavy atom. The van der Waals surface area contributed by atoms with Crippen molar-refractivity contribution in [2.45, 2.75) is 45.8 Å². The first kappa shape index (κ1) is 13.5. The van der Waals surface area contributed by atoms with Crippen LogP contribution < -0.4 is 11.1 Å². The molecule has 2 unspecified atom stereocenters. The molecule has 1 rings (SSSR count). The number of hydrogen-bond acceptors (Lipinski definition) is 3. The van der Waals surface area contributed by atoms with Gasteiger partial charge in [-0.3, -0.25) is 4.79 Å². The lowest BCUT2D eigenvalue weighted by atomic mass is 10.0. The highest BCUT2D eigenvalue weighted by Gasteiger charge is 2.25. The first-order chi connectivity index (χ1) is 7.50. The predicted molar refractivity (Wildman–Crippen MR) is 64.0 cm³/mol. The fourth-order valence-electron chi connectivity index (χ4n) is 2.02. The summed E-state index contributed by atoms with van der Waals surface area (Å²) >= 11 is 0. The lowest BCUT2D eigenvalue weighted by Crippen LogP contribution is -2.43. The Kier molecular flexibility index (Phi) is 5.22. The zero-order valence-electron chi connectivity index (χ0n) is 10.5. The average molecular weight is 228 g/mol. The van der Waals surface area contributed by atoms with Crippen molar-refractivity contribution >= 4 is 5.91 Å². The number of rotatable bonds is 5. The van der Waals surface area contributed by atoms with Crippen LogP contribution in [0.4, 0.5) is 0 Å². The Morgan fingerprint density at radius 2 is 2.25 bits per heavy atom. The highest BCUT2D eigenvalue weighted by molar-refractivity contribution is 5.81. The second-order valence-corrected chi connectivity index (χ2v) is 5.11. The standard InChI is InChI=1S/C12H24N2O2/c1-8(2)6-11(13)12(15)14-7-10-4-5-16-9(10)3/h8-11H,4-7,13H2,1-3H3,(H,14,15)/t9?,10?,11-/m0/s1. The Morgan fingerprint density at radius 3 is 2.75 bits per heavy atom. The molecule has 1 saturated heterocycles. The van der Waals surface area contributed by atoms with Gasteiger partial charge < -0.3 is 15.8 Å². The van der Waals surface area contributed by atoms with Gasteiger partial charge in [-0.15, -0.1) is 0 Å². The van der Waals surface area contributed by atoms with E-state index in [0.717, 1.165) is 19.4 Å². The Hall–Kier alpha value is -0.610. The topological polar surface area (TPSA) is 64.4 Å². The van der Waals surface area contributed by atoms with E-state index in [1.165, 1.54) is 0 Å². The smallest absolute Gasteiger partial charge is 0.236 e. The normalized spacial score (nSPS) is 27.1. The molecule has 0 aromatic heterocycles. The van der Waals surface area contributed by atoms with Crippen LogP contribution in [0, 0.1) is 11.8 Å². The SMILES string of the molecule is CC(C)C[C@H](N)C(=O)NCC1CCOC1C. The summed E-state index contributed by atoms with van der Waals surface area (Å²) in [6.45, 7) is 7.68. The number of nitrogens with one attached hydrogen (secondary N) is 1. The second kappa shape index (κ2) is 6.21. The third-order valence-corrected chi connectivity index (χ3v) is 3.13. The Balaban J connectivity index is 2.23. The highest BCUT2D eigenvalue weighted by atomic mass is 16.5. The molecule has 0 aliphatic carbocycles. The van der Waals surface area contributed by atoms with E-state index in [0.29, 0.717) is 18.4 Å². The van der Waals surface area contributed by atoms with E-state index in [1.54, 1.807) is 0 Å². The summed E-state index contributed by atoms with van der Waals surface area (Å²) in [7, 11) is 0. The van der Waals surface area contributed by atoms with Gasteiger partial charge in [-0.05, 0) is 25.7 Å². The van der Waals surface area contributed by atoms with Gasteiger partial charge in [0.2, 0.25) is 5.91 Å². The zero-order valence-corrected chi connectivity index (χ0v) is 10.5. The van der Waals surface area contributed by atoms with Gasteiger partial charge in [-0.1, -0.05) is 13.8 Å². The van der Waals surface area contributed by atoms with Crippen LogP contribution >= 0.6 is 0 Å². The molecule has 1 aliphatic rings. The van der Waals surface area contributed by atoms with Crippen molar-refractivity contribution in [3.63, 3.8) is 0 Å². The Bertz CT molecular complexity index is 231. The molecule has 16 heavy (non-hydrogen) atoms. The second-order valence-electron chi connectivity index (χ2n) is 5.11. The van der Waals surface area contributed by atoms with Crippen molar-refractivity contribution in [2.24, 2.45) is 17.6 Å². The van der Waals surface area contributed by atoms with E-state index in [2.05, 4.69) is 26.1 Å². The number of nitrogens with two attached hydrogens (primary N) is 1. The van der Waals surface area contributed by atoms with Crippen molar-refractivity contribution in [1.82, 2.24) is 5.32 Å². The van der Waals surface area contributed by atoms with E-state index >= 15 is 0 Å². The molecule has 4 nitrogen and oxygen atoms in total. The number of carbonyl (C=O) groups is 1. The van der Waals surface area contributed by atoms with Crippen LogP contribution in [0.5, 0.6) is 0 Å². The van der Waals surface area contributed by atoms with E-state index in [9.17, 15) is 4.79 Å². The van der Waals surface area contributed by atoms with E-state index in [4.69, 9.17) is 10.5 Å². The third kappa shape index (κ3) is 4.10. The molecule has 1 aliphatic heterocycles.